The van der Waals surface area contributed by atoms with Crippen LogP contribution in [0.2, 0.25) is 0 Å². The van der Waals surface area contributed by atoms with Crippen molar-refractivity contribution in [1.82, 2.24) is 4.90 Å². The summed E-state index contributed by atoms with van der Waals surface area (Å²) in [6.45, 7) is 3.89. The van der Waals surface area contributed by atoms with Gasteiger partial charge in [-0.05, 0) is 37.8 Å². The molecule has 2 aliphatic heterocycles. The molecule has 1 aliphatic carbocycles. The van der Waals surface area contributed by atoms with Crippen LogP contribution in [0.4, 0.5) is 0 Å². The molecule has 0 spiro atoms. The van der Waals surface area contributed by atoms with Crippen LogP contribution in [0.15, 0.2) is 23.8 Å². The predicted octanol–water partition coefficient (Wildman–Crippen LogP) is 1.90. The number of aliphatic hydroxyl groups excluding tert-OH is 1. The molecule has 2 unspecified atom stereocenters. The SMILES string of the molecule is COC(=O)C(C)C[C@@]12C3=CC[C@@H](O)C1CCCN2CC=C3. The summed E-state index contributed by atoms with van der Waals surface area (Å²) in [7, 11) is 1.45. The fourth-order valence-corrected chi connectivity index (χ4v) is 4.59. The molecule has 4 atom stereocenters. The third kappa shape index (κ3) is 2.25. The summed E-state index contributed by atoms with van der Waals surface area (Å²) in [5, 5.41) is 10.5. The van der Waals surface area contributed by atoms with Gasteiger partial charge in [0.05, 0.1) is 24.7 Å². The summed E-state index contributed by atoms with van der Waals surface area (Å²) >= 11 is 0. The Balaban J connectivity index is 2.00. The fraction of sp³-hybridized carbons (Fsp3) is 0.706. The highest BCUT2D eigenvalue weighted by Crippen LogP contribution is 2.50. The number of methoxy groups -OCH3 is 1. The lowest BCUT2D eigenvalue weighted by molar-refractivity contribution is -0.147. The molecular weight excluding hydrogens is 266 g/mol. The van der Waals surface area contributed by atoms with E-state index in [2.05, 4.69) is 23.1 Å². The number of carbonyl (C=O) groups is 1. The number of hydrogen-bond donors (Lipinski definition) is 1. The second kappa shape index (κ2) is 5.58. The second-order valence-corrected chi connectivity index (χ2v) is 6.61. The van der Waals surface area contributed by atoms with Crippen LogP contribution in [0.5, 0.6) is 0 Å². The van der Waals surface area contributed by atoms with Crippen molar-refractivity contribution >= 4 is 5.97 Å². The first-order valence-corrected chi connectivity index (χ1v) is 7.97. The van der Waals surface area contributed by atoms with Gasteiger partial charge in [0, 0.05) is 12.5 Å². The first-order valence-electron chi connectivity index (χ1n) is 7.97. The van der Waals surface area contributed by atoms with Crippen molar-refractivity contribution in [2.45, 2.75) is 44.2 Å². The number of carbonyl (C=O) groups excluding carboxylic acids is 1. The van der Waals surface area contributed by atoms with Gasteiger partial charge in [0.2, 0.25) is 0 Å². The van der Waals surface area contributed by atoms with Gasteiger partial charge < -0.3 is 9.84 Å². The smallest absolute Gasteiger partial charge is 0.308 e. The summed E-state index contributed by atoms with van der Waals surface area (Å²) < 4.78 is 4.92. The maximum absolute atomic E-state index is 11.9. The van der Waals surface area contributed by atoms with E-state index in [1.165, 1.54) is 12.7 Å². The van der Waals surface area contributed by atoms with Gasteiger partial charge in [0.1, 0.15) is 0 Å². The van der Waals surface area contributed by atoms with Crippen molar-refractivity contribution in [2.24, 2.45) is 11.8 Å². The molecule has 0 radical (unpaired) electrons. The molecule has 0 bridgehead atoms. The highest BCUT2D eigenvalue weighted by molar-refractivity contribution is 5.72. The Morgan fingerprint density at radius 3 is 3.19 bits per heavy atom. The molecule has 0 amide bonds. The van der Waals surface area contributed by atoms with Gasteiger partial charge in [-0.15, -0.1) is 0 Å². The van der Waals surface area contributed by atoms with E-state index < -0.39 is 0 Å². The molecule has 1 N–H and O–H groups in total. The van der Waals surface area contributed by atoms with Crippen molar-refractivity contribution in [3.63, 3.8) is 0 Å². The maximum Gasteiger partial charge on any atom is 0.308 e. The number of piperidine rings is 1. The van der Waals surface area contributed by atoms with E-state index >= 15 is 0 Å². The zero-order valence-electron chi connectivity index (χ0n) is 12.9. The lowest BCUT2D eigenvalue weighted by atomic mass is 9.61. The van der Waals surface area contributed by atoms with Crippen LogP contribution in [0.25, 0.3) is 0 Å². The Hall–Kier alpha value is -1.13. The lowest BCUT2D eigenvalue weighted by Crippen LogP contribution is -2.64. The normalized spacial score (nSPS) is 36.6. The Labute approximate surface area is 126 Å². The summed E-state index contributed by atoms with van der Waals surface area (Å²) in [6, 6.07) is 0. The lowest BCUT2D eigenvalue weighted by Gasteiger charge is -2.58. The molecule has 1 saturated heterocycles. The topological polar surface area (TPSA) is 49.8 Å². The van der Waals surface area contributed by atoms with Crippen LogP contribution in [-0.4, -0.2) is 47.8 Å². The Bertz CT molecular complexity index is 484. The molecule has 3 rings (SSSR count). The average Bonchev–Trinajstić information content (AvgIpc) is 2.49. The van der Waals surface area contributed by atoms with Crippen LogP contribution >= 0.6 is 0 Å². The molecule has 0 aromatic rings. The predicted molar refractivity (Wildman–Crippen MR) is 80.7 cm³/mol. The molecule has 4 heteroatoms. The van der Waals surface area contributed by atoms with Crippen molar-refractivity contribution in [3.8, 4) is 0 Å². The number of ether oxygens (including phenoxy) is 1. The molecular formula is C17H25NO3. The number of hydrogen-bond acceptors (Lipinski definition) is 4. The average molecular weight is 291 g/mol. The van der Waals surface area contributed by atoms with Gasteiger partial charge in [-0.3, -0.25) is 9.69 Å². The zero-order chi connectivity index (χ0) is 15.0. The molecule has 3 aliphatic rings. The van der Waals surface area contributed by atoms with E-state index in [0.29, 0.717) is 0 Å². The summed E-state index contributed by atoms with van der Waals surface area (Å²) in [5.74, 6) is -0.0841. The van der Waals surface area contributed by atoms with E-state index in [0.717, 1.165) is 38.8 Å². The van der Waals surface area contributed by atoms with Gasteiger partial charge in [-0.1, -0.05) is 25.2 Å². The fourth-order valence-electron chi connectivity index (χ4n) is 4.59. The maximum atomic E-state index is 11.9. The number of nitrogens with zero attached hydrogens (tertiary/aromatic N) is 1. The largest absolute Gasteiger partial charge is 0.469 e. The van der Waals surface area contributed by atoms with E-state index in [1.807, 2.05) is 6.92 Å². The molecule has 2 heterocycles. The van der Waals surface area contributed by atoms with Crippen LogP contribution in [0.3, 0.4) is 0 Å². The van der Waals surface area contributed by atoms with Gasteiger partial charge >= 0.3 is 5.97 Å². The van der Waals surface area contributed by atoms with E-state index in [1.54, 1.807) is 0 Å². The van der Waals surface area contributed by atoms with Crippen molar-refractivity contribution < 1.29 is 14.6 Å². The second-order valence-electron chi connectivity index (χ2n) is 6.61. The molecule has 21 heavy (non-hydrogen) atoms. The zero-order valence-corrected chi connectivity index (χ0v) is 12.9. The third-order valence-electron chi connectivity index (χ3n) is 5.51. The van der Waals surface area contributed by atoms with Crippen LogP contribution in [0, 0.1) is 11.8 Å². The molecule has 116 valence electrons. The molecule has 1 fully saturated rings. The van der Waals surface area contributed by atoms with Gasteiger partial charge in [0.15, 0.2) is 0 Å². The number of aliphatic hydroxyl groups is 1. The van der Waals surface area contributed by atoms with Crippen molar-refractivity contribution in [1.29, 1.82) is 0 Å². The third-order valence-corrected chi connectivity index (χ3v) is 5.51. The van der Waals surface area contributed by atoms with Crippen LogP contribution < -0.4 is 0 Å². The Kier molecular flexibility index (Phi) is 3.93. The van der Waals surface area contributed by atoms with Crippen LogP contribution in [0.1, 0.15) is 32.6 Å². The Morgan fingerprint density at radius 2 is 2.43 bits per heavy atom. The highest BCUT2D eigenvalue weighted by atomic mass is 16.5. The monoisotopic (exact) mass is 291 g/mol. The molecule has 0 saturated carbocycles. The number of rotatable bonds is 3. The minimum Gasteiger partial charge on any atom is -0.469 e. The standard InChI is InChI=1S/C17H25NO3/c1-12(16(20)21-2)11-17-13-5-3-9-18(17)10-4-6-14(17)15(19)8-7-13/h3,5,7,12,14-15,19H,4,6,8-11H2,1-2H3/t12?,14?,15-,17-/m1/s1. The van der Waals surface area contributed by atoms with Gasteiger partial charge in [0.25, 0.3) is 0 Å². The minimum atomic E-state index is -0.298. The molecule has 0 aromatic carbocycles. The van der Waals surface area contributed by atoms with Crippen molar-refractivity contribution in [2.75, 3.05) is 20.2 Å². The summed E-state index contributed by atoms with van der Waals surface area (Å²) in [6.07, 6.45) is 9.89. The quantitative estimate of drug-likeness (QED) is 0.807. The van der Waals surface area contributed by atoms with Crippen LogP contribution in [-0.2, 0) is 9.53 Å². The first kappa shape index (κ1) is 14.8. The molecule has 0 aromatic heterocycles. The first-order chi connectivity index (χ1) is 10.1. The van der Waals surface area contributed by atoms with Gasteiger partial charge in [-0.25, -0.2) is 0 Å². The number of esters is 1. The highest BCUT2D eigenvalue weighted by Gasteiger charge is 2.53. The minimum absolute atomic E-state index is 0.154. The van der Waals surface area contributed by atoms with Gasteiger partial charge in [-0.2, -0.15) is 0 Å². The van der Waals surface area contributed by atoms with Crippen molar-refractivity contribution in [3.05, 3.63) is 23.8 Å². The summed E-state index contributed by atoms with van der Waals surface area (Å²) in [4.78, 5) is 14.4. The summed E-state index contributed by atoms with van der Waals surface area (Å²) in [5.41, 5.74) is 1.11. The van der Waals surface area contributed by atoms with E-state index in [4.69, 9.17) is 4.74 Å². The molecule has 4 nitrogen and oxygen atoms in total. The van der Waals surface area contributed by atoms with E-state index in [-0.39, 0.29) is 29.4 Å². The van der Waals surface area contributed by atoms with E-state index in [9.17, 15) is 9.90 Å². The Morgan fingerprint density at radius 1 is 1.62 bits per heavy atom.